The van der Waals surface area contributed by atoms with Crippen LogP contribution >= 0.6 is 23.4 Å². The molecule has 0 fully saturated rings. The first kappa shape index (κ1) is 14.0. The quantitative estimate of drug-likeness (QED) is 0.668. The zero-order valence-corrected chi connectivity index (χ0v) is 12.1. The average Bonchev–Trinajstić information content (AvgIpc) is 2.48. The molecule has 0 saturated heterocycles. The fourth-order valence-electron chi connectivity index (χ4n) is 1.69. The number of anilines is 1. The summed E-state index contributed by atoms with van der Waals surface area (Å²) in [5.41, 5.74) is 2.47. The number of carbonyl (C=O) groups is 1. The van der Waals surface area contributed by atoms with Crippen molar-refractivity contribution in [2.45, 2.75) is 10.8 Å². The number of hydrogen-bond donors (Lipinski definition) is 1. The molecule has 0 bridgehead atoms. The number of para-hydroxylation sites is 1. The Bertz CT molecular complexity index is 569. The molecule has 4 heteroatoms. The molecular formula is C15H14ClNOS. The third-order valence-electron chi connectivity index (χ3n) is 2.73. The number of nitrogens with one attached hydrogen (secondary N) is 1. The van der Waals surface area contributed by atoms with E-state index >= 15 is 0 Å². The molecule has 0 unspecified atom stereocenters. The first-order chi connectivity index (χ1) is 9.24. The van der Waals surface area contributed by atoms with E-state index in [-0.39, 0.29) is 5.91 Å². The number of alkyl halides is 1. The van der Waals surface area contributed by atoms with E-state index in [1.165, 1.54) is 0 Å². The lowest BCUT2D eigenvalue weighted by Crippen LogP contribution is -2.12. The first-order valence-corrected chi connectivity index (χ1v) is 7.60. The van der Waals surface area contributed by atoms with Gasteiger partial charge in [-0.3, -0.25) is 4.79 Å². The van der Waals surface area contributed by atoms with Crippen molar-refractivity contribution in [2.24, 2.45) is 0 Å². The molecule has 2 rings (SSSR count). The second-order valence-corrected chi connectivity index (χ2v) is 5.10. The van der Waals surface area contributed by atoms with Crippen molar-refractivity contribution in [1.82, 2.24) is 0 Å². The van der Waals surface area contributed by atoms with Crippen LogP contribution in [0, 0.1) is 0 Å². The average molecular weight is 292 g/mol. The van der Waals surface area contributed by atoms with Gasteiger partial charge in [-0.05, 0) is 36.1 Å². The first-order valence-electron chi connectivity index (χ1n) is 5.84. The number of amides is 1. The fraction of sp³-hybridized carbons (Fsp3) is 0.133. The summed E-state index contributed by atoms with van der Waals surface area (Å²) < 4.78 is 0. The highest BCUT2D eigenvalue weighted by Gasteiger charge is 2.08. The van der Waals surface area contributed by atoms with Gasteiger partial charge in [-0.25, -0.2) is 0 Å². The van der Waals surface area contributed by atoms with Crippen LogP contribution in [0.4, 0.5) is 5.69 Å². The number of halogens is 1. The largest absolute Gasteiger partial charge is 0.321 e. The Morgan fingerprint density at radius 1 is 1.16 bits per heavy atom. The molecule has 0 aliphatic rings. The number of hydrogen-bond acceptors (Lipinski definition) is 2. The summed E-state index contributed by atoms with van der Waals surface area (Å²) in [6.45, 7) is 0. The SMILES string of the molecule is CSc1ccccc1NC(=O)c1ccc(CCl)cc1. The lowest BCUT2D eigenvalue weighted by atomic mass is 10.1. The Morgan fingerprint density at radius 2 is 1.84 bits per heavy atom. The van der Waals surface area contributed by atoms with E-state index in [0.717, 1.165) is 16.1 Å². The van der Waals surface area contributed by atoms with E-state index in [0.29, 0.717) is 11.4 Å². The summed E-state index contributed by atoms with van der Waals surface area (Å²) >= 11 is 7.33. The van der Waals surface area contributed by atoms with Crippen molar-refractivity contribution in [3.8, 4) is 0 Å². The van der Waals surface area contributed by atoms with E-state index in [9.17, 15) is 4.79 Å². The van der Waals surface area contributed by atoms with E-state index in [1.54, 1.807) is 23.9 Å². The van der Waals surface area contributed by atoms with Gasteiger partial charge in [-0.1, -0.05) is 24.3 Å². The zero-order chi connectivity index (χ0) is 13.7. The number of rotatable bonds is 4. The molecular weight excluding hydrogens is 278 g/mol. The van der Waals surface area contributed by atoms with Crippen molar-refractivity contribution in [3.63, 3.8) is 0 Å². The molecule has 2 aromatic rings. The third kappa shape index (κ3) is 3.52. The van der Waals surface area contributed by atoms with Crippen LogP contribution in [0.25, 0.3) is 0 Å². The molecule has 0 radical (unpaired) electrons. The molecule has 0 heterocycles. The molecule has 0 aromatic heterocycles. The normalized spacial score (nSPS) is 10.2. The summed E-state index contributed by atoms with van der Waals surface area (Å²) in [6.07, 6.45) is 1.99. The predicted octanol–water partition coefficient (Wildman–Crippen LogP) is 4.40. The Labute approximate surface area is 122 Å². The molecule has 19 heavy (non-hydrogen) atoms. The number of carbonyl (C=O) groups excluding carboxylic acids is 1. The summed E-state index contributed by atoms with van der Waals surface area (Å²) in [5.74, 6) is 0.347. The minimum atomic E-state index is -0.109. The topological polar surface area (TPSA) is 29.1 Å². The molecule has 0 saturated carbocycles. The van der Waals surface area contributed by atoms with Crippen molar-refractivity contribution in [1.29, 1.82) is 0 Å². The Morgan fingerprint density at radius 3 is 2.47 bits per heavy atom. The molecule has 0 aliphatic heterocycles. The maximum Gasteiger partial charge on any atom is 0.255 e. The van der Waals surface area contributed by atoms with E-state index in [2.05, 4.69) is 5.32 Å². The van der Waals surface area contributed by atoms with Gasteiger partial charge < -0.3 is 5.32 Å². The Kier molecular flexibility index (Phi) is 4.88. The second kappa shape index (κ2) is 6.64. The molecule has 1 N–H and O–H groups in total. The van der Waals surface area contributed by atoms with Crippen LogP contribution in [0.5, 0.6) is 0 Å². The van der Waals surface area contributed by atoms with Crippen LogP contribution in [-0.4, -0.2) is 12.2 Å². The molecule has 0 aliphatic carbocycles. The van der Waals surface area contributed by atoms with Crippen LogP contribution < -0.4 is 5.32 Å². The van der Waals surface area contributed by atoms with Crippen LogP contribution in [0.1, 0.15) is 15.9 Å². The second-order valence-electron chi connectivity index (χ2n) is 3.98. The van der Waals surface area contributed by atoms with Crippen LogP contribution in [0.2, 0.25) is 0 Å². The highest BCUT2D eigenvalue weighted by Crippen LogP contribution is 2.25. The van der Waals surface area contributed by atoms with Crippen molar-refractivity contribution < 1.29 is 4.79 Å². The molecule has 2 aromatic carbocycles. The summed E-state index contributed by atoms with van der Waals surface area (Å²) in [7, 11) is 0. The number of thioether (sulfide) groups is 1. The Hall–Kier alpha value is -1.45. The fourth-order valence-corrected chi connectivity index (χ4v) is 2.42. The van der Waals surface area contributed by atoms with Gasteiger partial charge in [0.05, 0.1) is 5.69 Å². The highest BCUT2D eigenvalue weighted by atomic mass is 35.5. The molecule has 0 atom stereocenters. The molecule has 2 nitrogen and oxygen atoms in total. The lowest BCUT2D eigenvalue weighted by Gasteiger charge is -2.09. The highest BCUT2D eigenvalue weighted by molar-refractivity contribution is 7.98. The van der Waals surface area contributed by atoms with Gasteiger partial charge in [0.25, 0.3) is 5.91 Å². The van der Waals surface area contributed by atoms with Gasteiger partial charge in [0.15, 0.2) is 0 Å². The van der Waals surface area contributed by atoms with Gasteiger partial charge in [-0.2, -0.15) is 0 Å². The predicted molar refractivity (Wildman–Crippen MR) is 82.2 cm³/mol. The van der Waals surface area contributed by atoms with Crippen molar-refractivity contribution >= 4 is 35.0 Å². The Balaban J connectivity index is 2.16. The van der Waals surface area contributed by atoms with Crippen LogP contribution in [0.3, 0.4) is 0 Å². The van der Waals surface area contributed by atoms with Crippen LogP contribution in [0.15, 0.2) is 53.4 Å². The van der Waals surface area contributed by atoms with E-state index in [1.807, 2.05) is 42.7 Å². The van der Waals surface area contributed by atoms with Gasteiger partial charge >= 0.3 is 0 Å². The minimum Gasteiger partial charge on any atom is -0.321 e. The summed E-state index contributed by atoms with van der Waals surface area (Å²) in [4.78, 5) is 13.2. The van der Waals surface area contributed by atoms with Gasteiger partial charge in [-0.15, -0.1) is 23.4 Å². The summed E-state index contributed by atoms with van der Waals surface area (Å²) in [6, 6.07) is 15.0. The van der Waals surface area contributed by atoms with E-state index < -0.39 is 0 Å². The lowest BCUT2D eigenvalue weighted by molar-refractivity contribution is 0.102. The molecule has 0 spiro atoms. The molecule has 1 amide bonds. The third-order valence-corrected chi connectivity index (χ3v) is 3.83. The monoisotopic (exact) mass is 291 g/mol. The van der Waals surface area contributed by atoms with E-state index in [4.69, 9.17) is 11.6 Å². The van der Waals surface area contributed by atoms with Crippen molar-refractivity contribution in [2.75, 3.05) is 11.6 Å². The van der Waals surface area contributed by atoms with Crippen molar-refractivity contribution in [3.05, 3.63) is 59.7 Å². The zero-order valence-electron chi connectivity index (χ0n) is 10.5. The standard InChI is InChI=1S/C15H14ClNOS/c1-19-14-5-3-2-4-13(14)17-15(18)12-8-6-11(10-16)7-9-12/h2-9H,10H2,1H3,(H,17,18). The van der Waals surface area contributed by atoms with Gasteiger partial charge in [0.1, 0.15) is 0 Å². The van der Waals surface area contributed by atoms with Crippen LogP contribution in [-0.2, 0) is 5.88 Å². The van der Waals surface area contributed by atoms with Gasteiger partial charge in [0.2, 0.25) is 0 Å². The smallest absolute Gasteiger partial charge is 0.255 e. The maximum atomic E-state index is 12.1. The molecule has 98 valence electrons. The summed E-state index contributed by atoms with van der Waals surface area (Å²) in [5, 5.41) is 2.92. The maximum absolute atomic E-state index is 12.1. The van der Waals surface area contributed by atoms with Gasteiger partial charge in [0, 0.05) is 16.3 Å². The number of benzene rings is 2. The minimum absolute atomic E-state index is 0.109.